The van der Waals surface area contributed by atoms with Gasteiger partial charge in [0.2, 0.25) is 0 Å². The summed E-state index contributed by atoms with van der Waals surface area (Å²) in [6, 6.07) is 0. The van der Waals surface area contributed by atoms with E-state index in [1.807, 2.05) is 6.92 Å². The molecule has 0 aliphatic heterocycles. The van der Waals surface area contributed by atoms with Crippen LogP contribution in [0.2, 0.25) is 4.20 Å². The molecule has 0 saturated carbocycles. The Kier molecular flexibility index (Phi) is 18.3. The zero-order chi connectivity index (χ0) is 19.5. The molecule has 0 saturated heterocycles. The number of ether oxygens (including phenoxy) is 1. The van der Waals surface area contributed by atoms with E-state index < -0.39 is 0 Å². The molecule has 0 aliphatic carbocycles. The van der Waals surface area contributed by atoms with Crippen molar-refractivity contribution in [2.45, 2.75) is 121 Å². The molecule has 0 aromatic rings. The molecule has 2 unspecified atom stereocenters. The van der Waals surface area contributed by atoms with Gasteiger partial charge in [-0.2, -0.15) is 0 Å². The van der Waals surface area contributed by atoms with Gasteiger partial charge in [-0.1, -0.05) is 58.3 Å². The standard InChI is InChI=1S/C22H45AsO3/c1-3-4-5-6-7-8-9-10-11-12-13-14-15-16-17-18-21(25)26-20-22(2,23)19-24/h24H,3-20,23H2,1-2H3. The fourth-order valence-corrected chi connectivity index (χ4v) is 3.18. The SMILES string of the molecule is CCCCCCCCCCCCCCCCCC(=O)OCC(C)([AsH2])CO. The van der Waals surface area contributed by atoms with Crippen molar-refractivity contribution in [1.82, 2.24) is 0 Å². The van der Waals surface area contributed by atoms with E-state index in [4.69, 9.17) is 9.84 Å². The molecule has 2 atom stereocenters. The molecule has 0 aromatic heterocycles. The van der Waals surface area contributed by atoms with Gasteiger partial charge in [0.25, 0.3) is 0 Å². The zero-order valence-corrected chi connectivity index (χ0v) is 20.0. The van der Waals surface area contributed by atoms with Crippen LogP contribution in [0, 0.1) is 0 Å². The van der Waals surface area contributed by atoms with Crippen molar-refractivity contribution in [3.63, 3.8) is 0 Å². The third-order valence-corrected chi connectivity index (χ3v) is 5.64. The third-order valence-electron chi connectivity index (χ3n) is 4.91. The number of aliphatic hydroxyl groups is 1. The Bertz CT molecular complexity index is 319. The maximum absolute atomic E-state index is 11.6. The minimum absolute atomic E-state index is 0.0687. The molecular formula is C22H45AsO3. The summed E-state index contributed by atoms with van der Waals surface area (Å²) in [5.74, 6) is -0.114. The van der Waals surface area contributed by atoms with Crippen molar-refractivity contribution in [3.05, 3.63) is 0 Å². The van der Waals surface area contributed by atoms with Crippen LogP contribution in [-0.4, -0.2) is 41.1 Å². The summed E-state index contributed by atoms with van der Waals surface area (Å²) in [7, 11) is 0. The summed E-state index contributed by atoms with van der Waals surface area (Å²) >= 11 is 1.42. The van der Waals surface area contributed by atoms with E-state index in [2.05, 4.69) is 6.92 Å². The second-order valence-corrected chi connectivity index (χ2v) is 11.1. The molecule has 0 heterocycles. The minimum atomic E-state index is -0.266. The molecule has 4 heteroatoms. The number of unbranched alkanes of at least 4 members (excludes halogenated alkanes) is 14. The number of carbonyl (C=O) groups is 1. The number of esters is 1. The van der Waals surface area contributed by atoms with Gasteiger partial charge in [-0.3, -0.25) is 0 Å². The Morgan fingerprint density at radius 1 is 0.808 bits per heavy atom. The monoisotopic (exact) mass is 432 g/mol. The summed E-state index contributed by atoms with van der Waals surface area (Å²) in [6.45, 7) is 4.60. The van der Waals surface area contributed by atoms with Crippen LogP contribution in [0.15, 0.2) is 0 Å². The van der Waals surface area contributed by atoms with E-state index in [1.54, 1.807) is 0 Å². The van der Waals surface area contributed by atoms with E-state index in [-0.39, 0.29) is 16.8 Å². The van der Waals surface area contributed by atoms with Crippen LogP contribution in [0.3, 0.4) is 0 Å². The zero-order valence-electron chi connectivity index (χ0n) is 17.6. The first-order chi connectivity index (χ1) is 12.5. The summed E-state index contributed by atoms with van der Waals surface area (Å²) in [5, 5.41) is 9.15. The summed E-state index contributed by atoms with van der Waals surface area (Å²) in [6.07, 6.45) is 20.5. The van der Waals surface area contributed by atoms with Gasteiger partial charge in [0.15, 0.2) is 0 Å². The number of carbonyl (C=O) groups excluding carboxylic acids is 1. The van der Waals surface area contributed by atoms with Crippen LogP contribution >= 0.6 is 0 Å². The predicted molar refractivity (Wildman–Crippen MR) is 115 cm³/mol. The molecule has 0 fully saturated rings. The quantitative estimate of drug-likeness (QED) is 0.164. The first-order valence-electron chi connectivity index (χ1n) is 11.1. The van der Waals surface area contributed by atoms with Crippen LogP contribution in [0.4, 0.5) is 0 Å². The number of hydrogen-bond donors (Lipinski definition) is 1. The van der Waals surface area contributed by atoms with Crippen LogP contribution in [0.1, 0.15) is 117 Å². The molecule has 0 bridgehead atoms. The Labute approximate surface area is 171 Å². The maximum atomic E-state index is 11.6. The number of aliphatic hydroxyl groups excluding tert-OH is 1. The molecule has 156 valence electrons. The topological polar surface area (TPSA) is 46.5 Å². The van der Waals surface area contributed by atoms with Gasteiger partial charge < -0.3 is 0 Å². The molecule has 0 aliphatic rings. The van der Waals surface area contributed by atoms with Gasteiger partial charge in [0.1, 0.15) is 0 Å². The summed E-state index contributed by atoms with van der Waals surface area (Å²) < 4.78 is 4.97. The second-order valence-electron chi connectivity index (χ2n) is 8.17. The Morgan fingerprint density at radius 3 is 1.58 bits per heavy atom. The Balaban J connectivity index is 3.21. The fraction of sp³-hybridized carbons (Fsp3) is 0.955. The Hall–Kier alpha value is -0.0116. The molecule has 0 spiro atoms. The van der Waals surface area contributed by atoms with Gasteiger partial charge in [0.05, 0.1) is 0 Å². The normalized spacial score (nSPS) is 13.5. The number of hydrogen-bond acceptors (Lipinski definition) is 3. The molecule has 1 N–H and O–H groups in total. The van der Waals surface area contributed by atoms with E-state index in [0.29, 0.717) is 13.0 Å². The van der Waals surface area contributed by atoms with Crippen LogP contribution in [-0.2, 0) is 9.53 Å². The molecule has 0 amide bonds. The molecule has 3 nitrogen and oxygen atoms in total. The van der Waals surface area contributed by atoms with Crippen molar-refractivity contribution in [3.8, 4) is 0 Å². The summed E-state index contributed by atoms with van der Waals surface area (Å²) in [4.78, 5) is 11.6. The van der Waals surface area contributed by atoms with Crippen molar-refractivity contribution >= 4 is 22.8 Å². The van der Waals surface area contributed by atoms with Gasteiger partial charge in [-0.05, 0) is 0 Å². The molecular weight excluding hydrogens is 387 g/mol. The Morgan fingerprint density at radius 2 is 1.19 bits per heavy atom. The van der Waals surface area contributed by atoms with Gasteiger partial charge in [-0.25, -0.2) is 0 Å². The van der Waals surface area contributed by atoms with Gasteiger partial charge >= 0.3 is 113 Å². The van der Waals surface area contributed by atoms with Crippen molar-refractivity contribution in [2.75, 3.05) is 13.2 Å². The average molecular weight is 433 g/mol. The van der Waals surface area contributed by atoms with Crippen molar-refractivity contribution in [2.24, 2.45) is 0 Å². The third kappa shape index (κ3) is 18.8. The molecule has 0 rings (SSSR count). The van der Waals surface area contributed by atoms with E-state index in [0.717, 1.165) is 12.8 Å². The predicted octanol–water partition coefficient (Wildman–Crippen LogP) is 5.60. The first kappa shape index (κ1) is 26.0. The van der Waals surface area contributed by atoms with E-state index in [1.165, 1.54) is 100 Å². The van der Waals surface area contributed by atoms with E-state index >= 15 is 0 Å². The molecule has 0 radical (unpaired) electrons. The summed E-state index contributed by atoms with van der Waals surface area (Å²) in [5.41, 5.74) is 0. The number of rotatable bonds is 19. The average Bonchev–Trinajstić information content (AvgIpc) is 2.63. The van der Waals surface area contributed by atoms with Crippen LogP contribution in [0.5, 0.6) is 0 Å². The molecule has 0 aromatic carbocycles. The fourth-order valence-electron chi connectivity index (χ4n) is 3.00. The van der Waals surface area contributed by atoms with Crippen molar-refractivity contribution in [1.29, 1.82) is 0 Å². The molecule has 26 heavy (non-hydrogen) atoms. The van der Waals surface area contributed by atoms with Crippen LogP contribution in [0.25, 0.3) is 0 Å². The van der Waals surface area contributed by atoms with E-state index in [9.17, 15) is 4.79 Å². The first-order valence-corrected chi connectivity index (χ1v) is 12.3. The van der Waals surface area contributed by atoms with Crippen molar-refractivity contribution < 1.29 is 14.6 Å². The van der Waals surface area contributed by atoms with Gasteiger partial charge in [0, 0.05) is 0 Å². The van der Waals surface area contributed by atoms with Crippen LogP contribution < -0.4 is 0 Å². The second kappa shape index (κ2) is 18.4. The van der Waals surface area contributed by atoms with Gasteiger partial charge in [-0.15, -0.1) is 0 Å².